The Morgan fingerprint density at radius 3 is 2.36 bits per heavy atom. The quantitative estimate of drug-likeness (QED) is 0.853. The minimum atomic E-state index is -0.388. The minimum Gasteiger partial charge on any atom is -0.355 e. The van der Waals surface area contributed by atoms with Crippen LogP contribution in [0.2, 0.25) is 0 Å². The summed E-state index contributed by atoms with van der Waals surface area (Å²) in [4.78, 5) is 23.2. The molecule has 0 aromatic heterocycles. The number of rotatable bonds is 4. The predicted molar refractivity (Wildman–Crippen MR) is 83.9 cm³/mol. The fraction of sp³-hybridized carbons (Fsp3) is 0.0588. The number of benzene rings is 2. The van der Waals surface area contributed by atoms with Crippen LogP contribution < -0.4 is 10.6 Å². The molecule has 2 amide bonds. The Morgan fingerprint density at radius 2 is 1.73 bits per heavy atom. The normalized spacial score (nSPS) is 10.5. The Bertz CT molecular complexity index is 709. The summed E-state index contributed by atoms with van der Waals surface area (Å²) in [5.41, 5.74) is 1.39. The highest BCUT2D eigenvalue weighted by molar-refractivity contribution is 6.02. The number of carbonyl (C=O) groups is 2. The maximum Gasteiger partial charge on any atom is 0.251 e. The van der Waals surface area contributed by atoms with Crippen LogP contribution in [0.1, 0.15) is 15.9 Å². The third kappa shape index (κ3) is 4.02. The monoisotopic (exact) mass is 298 g/mol. The lowest BCUT2D eigenvalue weighted by molar-refractivity contribution is -0.111. The maximum atomic E-state index is 13.4. The van der Waals surface area contributed by atoms with Gasteiger partial charge in [0, 0.05) is 29.9 Å². The van der Waals surface area contributed by atoms with Crippen LogP contribution in [0, 0.1) is 5.82 Å². The van der Waals surface area contributed by atoms with Crippen LogP contribution in [-0.2, 0) is 4.79 Å². The van der Waals surface area contributed by atoms with Crippen molar-refractivity contribution in [2.75, 3.05) is 12.4 Å². The van der Waals surface area contributed by atoms with Gasteiger partial charge < -0.3 is 10.6 Å². The molecule has 0 heterocycles. The number of halogens is 1. The zero-order valence-corrected chi connectivity index (χ0v) is 12.0. The van der Waals surface area contributed by atoms with E-state index in [0.29, 0.717) is 16.8 Å². The van der Waals surface area contributed by atoms with Gasteiger partial charge in [-0.15, -0.1) is 0 Å². The van der Waals surface area contributed by atoms with Crippen molar-refractivity contribution in [3.63, 3.8) is 0 Å². The average molecular weight is 298 g/mol. The van der Waals surface area contributed by atoms with Gasteiger partial charge in [0.15, 0.2) is 0 Å². The van der Waals surface area contributed by atoms with E-state index >= 15 is 0 Å². The molecule has 4 nitrogen and oxygen atoms in total. The Morgan fingerprint density at radius 1 is 1.05 bits per heavy atom. The van der Waals surface area contributed by atoms with Crippen molar-refractivity contribution in [3.8, 4) is 0 Å². The van der Waals surface area contributed by atoms with E-state index in [1.54, 1.807) is 49.5 Å². The summed E-state index contributed by atoms with van der Waals surface area (Å²) < 4.78 is 13.4. The lowest BCUT2D eigenvalue weighted by atomic mass is 10.2. The van der Waals surface area contributed by atoms with E-state index in [2.05, 4.69) is 10.6 Å². The summed E-state index contributed by atoms with van der Waals surface area (Å²) in [7, 11) is 1.55. The SMILES string of the molecule is CNC(=O)c1ccc(NC(=O)C=Cc2ccccc2F)cc1. The largest absolute Gasteiger partial charge is 0.355 e. The molecular formula is C17H15FN2O2. The standard InChI is InChI=1S/C17H15FN2O2/c1-19-17(22)13-6-9-14(10-7-13)20-16(21)11-8-12-4-2-3-5-15(12)18/h2-11H,1H3,(H,19,22)(H,20,21). The number of anilines is 1. The molecule has 0 aliphatic rings. The zero-order chi connectivity index (χ0) is 15.9. The van der Waals surface area contributed by atoms with Crippen molar-refractivity contribution in [1.82, 2.24) is 5.32 Å². The van der Waals surface area contributed by atoms with Gasteiger partial charge in [-0.1, -0.05) is 18.2 Å². The number of hydrogen-bond acceptors (Lipinski definition) is 2. The molecule has 2 N–H and O–H groups in total. The fourth-order valence-electron chi connectivity index (χ4n) is 1.81. The average Bonchev–Trinajstić information content (AvgIpc) is 2.54. The van der Waals surface area contributed by atoms with Gasteiger partial charge in [0.2, 0.25) is 5.91 Å². The minimum absolute atomic E-state index is 0.197. The molecule has 0 bridgehead atoms. The molecule has 2 aromatic rings. The summed E-state index contributed by atoms with van der Waals surface area (Å²) in [6, 6.07) is 12.6. The van der Waals surface area contributed by atoms with Gasteiger partial charge in [0.05, 0.1) is 0 Å². The van der Waals surface area contributed by atoms with Crippen LogP contribution >= 0.6 is 0 Å². The highest BCUT2D eigenvalue weighted by Gasteiger charge is 2.03. The van der Waals surface area contributed by atoms with Crippen LogP contribution in [0.3, 0.4) is 0 Å². The van der Waals surface area contributed by atoms with Gasteiger partial charge in [0.25, 0.3) is 5.91 Å². The van der Waals surface area contributed by atoms with Crippen LogP contribution in [0.4, 0.5) is 10.1 Å². The molecule has 0 spiro atoms. The highest BCUT2D eigenvalue weighted by atomic mass is 19.1. The molecule has 22 heavy (non-hydrogen) atoms. The first-order valence-electron chi connectivity index (χ1n) is 6.66. The van der Waals surface area contributed by atoms with Crippen molar-refractivity contribution >= 4 is 23.6 Å². The number of amides is 2. The maximum absolute atomic E-state index is 13.4. The van der Waals surface area contributed by atoms with E-state index < -0.39 is 0 Å². The Labute approximate surface area is 127 Å². The number of nitrogens with one attached hydrogen (secondary N) is 2. The topological polar surface area (TPSA) is 58.2 Å². The van der Waals surface area contributed by atoms with E-state index in [4.69, 9.17) is 0 Å². The van der Waals surface area contributed by atoms with Gasteiger partial charge >= 0.3 is 0 Å². The molecular weight excluding hydrogens is 283 g/mol. The zero-order valence-electron chi connectivity index (χ0n) is 12.0. The first kappa shape index (κ1) is 15.4. The van der Waals surface area contributed by atoms with Crippen LogP contribution in [-0.4, -0.2) is 18.9 Å². The Balaban J connectivity index is 2.00. The van der Waals surface area contributed by atoms with Crippen LogP contribution in [0.25, 0.3) is 6.08 Å². The van der Waals surface area contributed by atoms with E-state index in [1.165, 1.54) is 18.2 Å². The molecule has 0 radical (unpaired) electrons. The lowest BCUT2D eigenvalue weighted by Crippen LogP contribution is -2.17. The smallest absolute Gasteiger partial charge is 0.251 e. The van der Waals surface area contributed by atoms with Crippen LogP contribution in [0.5, 0.6) is 0 Å². The Kier molecular flexibility index (Phi) is 5.03. The summed E-state index contributed by atoms with van der Waals surface area (Å²) in [6.45, 7) is 0. The van der Waals surface area contributed by atoms with Crippen molar-refractivity contribution in [2.45, 2.75) is 0 Å². The highest BCUT2D eigenvalue weighted by Crippen LogP contribution is 2.11. The number of carbonyl (C=O) groups excluding carboxylic acids is 2. The summed E-state index contributed by atoms with van der Waals surface area (Å²) in [5.74, 6) is -0.963. The molecule has 0 aliphatic heterocycles. The van der Waals surface area contributed by atoms with Crippen molar-refractivity contribution in [1.29, 1.82) is 0 Å². The second-order valence-corrected chi connectivity index (χ2v) is 4.50. The molecule has 2 rings (SSSR count). The molecule has 2 aromatic carbocycles. The Hall–Kier alpha value is -2.95. The molecule has 0 saturated heterocycles. The second-order valence-electron chi connectivity index (χ2n) is 4.50. The van der Waals surface area contributed by atoms with Crippen LogP contribution in [0.15, 0.2) is 54.6 Å². The van der Waals surface area contributed by atoms with Crippen molar-refractivity contribution < 1.29 is 14.0 Å². The summed E-state index contributed by atoms with van der Waals surface area (Å²) >= 11 is 0. The van der Waals surface area contributed by atoms with Crippen molar-refractivity contribution in [2.24, 2.45) is 0 Å². The second kappa shape index (κ2) is 7.17. The van der Waals surface area contributed by atoms with E-state index in [0.717, 1.165) is 0 Å². The molecule has 0 aliphatic carbocycles. The predicted octanol–water partition coefficient (Wildman–Crippen LogP) is 2.84. The first-order valence-corrected chi connectivity index (χ1v) is 6.66. The van der Waals surface area contributed by atoms with E-state index in [1.807, 2.05) is 0 Å². The molecule has 0 fully saturated rings. The first-order chi connectivity index (χ1) is 10.6. The fourth-order valence-corrected chi connectivity index (χ4v) is 1.81. The molecule has 5 heteroatoms. The third-order valence-corrected chi connectivity index (χ3v) is 2.96. The lowest BCUT2D eigenvalue weighted by Gasteiger charge is -2.04. The third-order valence-electron chi connectivity index (χ3n) is 2.96. The van der Waals surface area contributed by atoms with Gasteiger partial charge in [-0.25, -0.2) is 4.39 Å². The van der Waals surface area contributed by atoms with Crippen molar-refractivity contribution in [3.05, 3.63) is 71.6 Å². The van der Waals surface area contributed by atoms with Gasteiger partial charge in [-0.05, 0) is 36.4 Å². The van der Waals surface area contributed by atoms with Gasteiger partial charge in [-0.2, -0.15) is 0 Å². The van der Waals surface area contributed by atoms with E-state index in [9.17, 15) is 14.0 Å². The van der Waals surface area contributed by atoms with E-state index in [-0.39, 0.29) is 17.6 Å². The van der Waals surface area contributed by atoms with Gasteiger partial charge in [-0.3, -0.25) is 9.59 Å². The summed E-state index contributed by atoms with van der Waals surface area (Å²) in [6.07, 6.45) is 2.66. The summed E-state index contributed by atoms with van der Waals surface area (Å²) in [5, 5.41) is 5.15. The number of hydrogen-bond donors (Lipinski definition) is 2. The molecule has 112 valence electrons. The molecule has 0 unspecified atom stereocenters. The molecule has 0 atom stereocenters. The van der Waals surface area contributed by atoms with Gasteiger partial charge in [0.1, 0.15) is 5.82 Å². The molecule has 0 saturated carbocycles.